The molecule has 27 heavy (non-hydrogen) atoms. The molecule has 2 rings (SSSR count). The van der Waals surface area contributed by atoms with Crippen LogP contribution in [0.3, 0.4) is 0 Å². The Bertz CT molecular complexity index is 722. The van der Waals surface area contributed by atoms with Gasteiger partial charge in [0.2, 0.25) is 5.91 Å². The number of aromatic nitrogens is 3. The smallest absolute Gasteiger partial charge is 0.230 e. The monoisotopic (exact) mass is 389 g/mol. The van der Waals surface area contributed by atoms with Crippen LogP contribution in [0.25, 0.3) is 11.4 Å². The largest absolute Gasteiger partial charge is 0.372 e. The molecule has 0 aliphatic heterocycles. The molecule has 0 aliphatic rings. The average Bonchev–Trinajstić information content (AvgIpc) is 3.09. The predicted molar refractivity (Wildman–Crippen MR) is 113 cm³/mol. The molecule has 6 nitrogen and oxygen atoms in total. The molecule has 1 N–H and O–H groups in total. The van der Waals surface area contributed by atoms with Crippen molar-refractivity contribution in [3.05, 3.63) is 24.3 Å². The number of benzene rings is 1. The fraction of sp³-hybridized carbons (Fsp3) is 0.550. The van der Waals surface area contributed by atoms with Crippen LogP contribution in [0, 0.1) is 5.92 Å². The number of hydrogen-bond acceptors (Lipinski definition) is 5. The van der Waals surface area contributed by atoms with E-state index in [9.17, 15) is 4.79 Å². The Balaban J connectivity index is 2.09. The Morgan fingerprint density at radius 2 is 1.81 bits per heavy atom. The van der Waals surface area contributed by atoms with Crippen LogP contribution in [0.5, 0.6) is 0 Å². The Morgan fingerprint density at radius 1 is 1.15 bits per heavy atom. The maximum Gasteiger partial charge on any atom is 0.230 e. The van der Waals surface area contributed by atoms with Gasteiger partial charge in [-0.1, -0.05) is 25.6 Å². The van der Waals surface area contributed by atoms with Gasteiger partial charge >= 0.3 is 0 Å². The number of nitrogens with zero attached hydrogens (tertiary/aromatic N) is 4. The van der Waals surface area contributed by atoms with Gasteiger partial charge in [0, 0.05) is 37.4 Å². The van der Waals surface area contributed by atoms with Gasteiger partial charge in [-0.25, -0.2) is 0 Å². The molecule has 1 heterocycles. The third-order valence-corrected chi connectivity index (χ3v) is 5.29. The van der Waals surface area contributed by atoms with Gasteiger partial charge in [-0.15, -0.1) is 10.2 Å². The number of carbonyl (C=O) groups excluding carboxylic acids is 1. The number of anilines is 1. The zero-order valence-corrected chi connectivity index (χ0v) is 17.8. The normalized spacial score (nSPS) is 11.0. The number of nitrogens with one attached hydrogen (secondary N) is 1. The molecule has 0 saturated carbocycles. The standard InChI is InChI=1S/C20H31N5OS/c1-6-24(7-2)17-11-9-16(10-12-17)19-22-23-20(25(19)8-3)27-14-18(26)21-13-15(4)5/h9-12,15H,6-8,13-14H2,1-5H3,(H,21,26). The van der Waals surface area contributed by atoms with Crippen LogP contribution in [0.2, 0.25) is 0 Å². The number of hydrogen-bond donors (Lipinski definition) is 1. The highest BCUT2D eigenvalue weighted by Crippen LogP contribution is 2.26. The number of amides is 1. The number of thioether (sulfide) groups is 1. The molecule has 0 radical (unpaired) electrons. The van der Waals surface area contributed by atoms with E-state index in [1.165, 1.54) is 17.4 Å². The molecule has 1 aromatic carbocycles. The molecule has 2 aromatic rings. The zero-order chi connectivity index (χ0) is 19.8. The summed E-state index contributed by atoms with van der Waals surface area (Å²) < 4.78 is 2.06. The Hall–Kier alpha value is -2.02. The summed E-state index contributed by atoms with van der Waals surface area (Å²) >= 11 is 1.43. The van der Waals surface area contributed by atoms with Gasteiger partial charge in [-0.2, -0.15) is 0 Å². The highest BCUT2D eigenvalue weighted by atomic mass is 32.2. The highest BCUT2D eigenvalue weighted by molar-refractivity contribution is 7.99. The molecule has 0 bridgehead atoms. The summed E-state index contributed by atoms with van der Waals surface area (Å²) in [4.78, 5) is 14.3. The molecule has 0 unspecified atom stereocenters. The van der Waals surface area contributed by atoms with Gasteiger partial charge in [-0.3, -0.25) is 4.79 Å². The number of rotatable bonds is 10. The van der Waals surface area contributed by atoms with Gasteiger partial charge < -0.3 is 14.8 Å². The zero-order valence-electron chi connectivity index (χ0n) is 17.0. The lowest BCUT2D eigenvalue weighted by Crippen LogP contribution is -2.28. The van der Waals surface area contributed by atoms with E-state index in [4.69, 9.17) is 0 Å². The summed E-state index contributed by atoms with van der Waals surface area (Å²) in [5.74, 6) is 1.67. The van der Waals surface area contributed by atoms with Crippen molar-refractivity contribution in [1.29, 1.82) is 0 Å². The van der Waals surface area contributed by atoms with Gasteiger partial charge in [-0.05, 0) is 51.0 Å². The summed E-state index contributed by atoms with van der Waals surface area (Å²) in [6.45, 7) is 14.0. The minimum atomic E-state index is 0.0319. The van der Waals surface area contributed by atoms with Crippen molar-refractivity contribution in [2.45, 2.75) is 46.3 Å². The van der Waals surface area contributed by atoms with E-state index >= 15 is 0 Å². The summed E-state index contributed by atoms with van der Waals surface area (Å²) in [7, 11) is 0. The third kappa shape index (κ3) is 5.73. The molecule has 1 aromatic heterocycles. The molecule has 1 amide bonds. The fourth-order valence-electron chi connectivity index (χ4n) is 2.80. The summed E-state index contributed by atoms with van der Waals surface area (Å²) in [5.41, 5.74) is 2.25. The van der Waals surface area contributed by atoms with Crippen LogP contribution in [0.4, 0.5) is 5.69 Å². The van der Waals surface area contributed by atoms with Crippen LogP contribution >= 0.6 is 11.8 Å². The van der Waals surface area contributed by atoms with Crippen molar-refractivity contribution < 1.29 is 4.79 Å². The van der Waals surface area contributed by atoms with Gasteiger partial charge in [0.05, 0.1) is 5.75 Å². The van der Waals surface area contributed by atoms with Crippen molar-refractivity contribution in [3.8, 4) is 11.4 Å². The van der Waals surface area contributed by atoms with E-state index in [1.54, 1.807) is 0 Å². The Morgan fingerprint density at radius 3 is 2.37 bits per heavy atom. The minimum Gasteiger partial charge on any atom is -0.372 e. The third-order valence-electron chi connectivity index (χ3n) is 4.33. The molecule has 0 spiro atoms. The van der Waals surface area contributed by atoms with Gasteiger partial charge in [0.25, 0.3) is 0 Å². The van der Waals surface area contributed by atoms with Gasteiger partial charge in [0.15, 0.2) is 11.0 Å². The van der Waals surface area contributed by atoms with Crippen LogP contribution in [-0.4, -0.2) is 46.1 Å². The Kier molecular flexibility index (Phi) is 8.16. The van der Waals surface area contributed by atoms with E-state index in [2.05, 4.69) is 83.9 Å². The lowest BCUT2D eigenvalue weighted by Gasteiger charge is -2.21. The average molecular weight is 390 g/mol. The van der Waals surface area contributed by atoms with Crippen LogP contribution in [0.1, 0.15) is 34.6 Å². The van der Waals surface area contributed by atoms with Crippen molar-refractivity contribution in [2.75, 3.05) is 30.3 Å². The SMILES string of the molecule is CCN(CC)c1ccc(-c2nnc(SCC(=O)NCC(C)C)n2CC)cc1. The van der Waals surface area contributed by atoms with E-state index in [0.717, 1.165) is 36.2 Å². The maximum atomic E-state index is 12.0. The van der Waals surface area contributed by atoms with E-state index < -0.39 is 0 Å². The molecule has 148 valence electrons. The second-order valence-electron chi connectivity index (χ2n) is 6.76. The first-order valence-corrected chi connectivity index (χ1v) is 10.7. The molecule has 0 fully saturated rings. The lowest BCUT2D eigenvalue weighted by molar-refractivity contribution is -0.118. The second kappa shape index (κ2) is 10.3. The first-order valence-electron chi connectivity index (χ1n) is 9.68. The summed E-state index contributed by atoms with van der Waals surface area (Å²) in [5, 5.41) is 12.4. The lowest BCUT2D eigenvalue weighted by atomic mass is 10.2. The number of carbonyl (C=O) groups is 1. The van der Waals surface area contributed by atoms with Gasteiger partial charge in [0.1, 0.15) is 0 Å². The second-order valence-corrected chi connectivity index (χ2v) is 7.70. The maximum absolute atomic E-state index is 12.0. The fourth-order valence-corrected chi connectivity index (χ4v) is 3.64. The summed E-state index contributed by atoms with van der Waals surface area (Å²) in [6, 6.07) is 8.44. The summed E-state index contributed by atoms with van der Waals surface area (Å²) in [6.07, 6.45) is 0. The van der Waals surface area contributed by atoms with Crippen molar-refractivity contribution in [1.82, 2.24) is 20.1 Å². The molecular weight excluding hydrogens is 358 g/mol. The van der Waals surface area contributed by atoms with E-state index in [1.807, 2.05) is 0 Å². The Labute approximate surface area is 166 Å². The minimum absolute atomic E-state index is 0.0319. The predicted octanol–water partition coefficient (Wildman–Crippen LogP) is 3.68. The quantitative estimate of drug-likeness (QED) is 0.628. The molecule has 0 aliphatic carbocycles. The van der Waals surface area contributed by atoms with Crippen LogP contribution < -0.4 is 10.2 Å². The molecular formula is C20H31N5OS. The van der Waals surface area contributed by atoms with Crippen molar-refractivity contribution in [2.24, 2.45) is 5.92 Å². The van der Waals surface area contributed by atoms with E-state index in [0.29, 0.717) is 18.2 Å². The topological polar surface area (TPSA) is 63.1 Å². The first-order chi connectivity index (χ1) is 13.0. The first kappa shape index (κ1) is 21.3. The van der Waals surface area contributed by atoms with Crippen LogP contribution in [0.15, 0.2) is 29.4 Å². The van der Waals surface area contributed by atoms with Crippen LogP contribution in [-0.2, 0) is 11.3 Å². The molecule has 0 saturated heterocycles. The van der Waals surface area contributed by atoms with E-state index in [-0.39, 0.29) is 5.91 Å². The highest BCUT2D eigenvalue weighted by Gasteiger charge is 2.15. The van der Waals surface area contributed by atoms with Crippen molar-refractivity contribution in [3.63, 3.8) is 0 Å². The van der Waals surface area contributed by atoms with Crippen molar-refractivity contribution >= 4 is 23.4 Å². The molecule has 0 atom stereocenters. The molecule has 7 heteroatoms.